The summed E-state index contributed by atoms with van der Waals surface area (Å²) in [4.78, 5) is 5.88. The molecular formula is C18H26N3O2S+. The second-order valence-electron chi connectivity index (χ2n) is 7.24. The molecule has 1 N–H and O–H groups in total. The van der Waals surface area contributed by atoms with Crippen LogP contribution in [-0.4, -0.2) is 37.2 Å². The van der Waals surface area contributed by atoms with E-state index in [0.717, 1.165) is 60.3 Å². The zero-order valence-corrected chi connectivity index (χ0v) is 15.8. The van der Waals surface area contributed by atoms with Gasteiger partial charge in [0, 0.05) is 11.7 Å². The lowest BCUT2D eigenvalue weighted by molar-refractivity contribution is -0.415. The number of aromatic nitrogens is 1. The molecule has 0 aromatic carbocycles. The van der Waals surface area contributed by atoms with E-state index in [2.05, 4.69) is 43.6 Å². The number of thioether (sulfide) groups is 1. The van der Waals surface area contributed by atoms with Crippen LogP contribution in [0.2, 0.25) is 0 Å². The van der Waals surface area contributed by atoms with Crippen LogP contribution < -0.4 is 9.88 Å². The van der Waals surface area contributed by atoms with E-state index >= 15 is 0 Å². The van der Waals surface area contributed by atoms with Crippen molar-refractivity contribution in [1.29, 1.82) is 5.26 Å². The number of hydrogen-bond donors (Lipinski definition) is 0. The number of fused-ring (bicyclic) bond motifs is 1. The SMILES string of the molecule is CC(C)Sc1[nH+]c(N2CCOCC2)c2c(c1C#N)CC(C)(C)OC2. The molecule has 3 rings (SSSR count). The van der Waals surface area contributed by atoms with Crippen LogP contribution in [0.25, 0.3) is 0 Å². The summed E-state index contributed by atoms with van der Waals surface area (Å²) in [6, 6.07) is 2.45. The molecule has 24 heavy (non-hydrogen) atoms. The van der Waals surface area contributed by atoms with Crippen molar-refractivity contribution in [3.63, 3.8) is 0 Å². The number of H-pyrrole nitrogens is 1. The third kappa shape index (κ3) is 3.53. The van der Waals surface area contributed by atoms with Crippen molar-refractivity contribution < 1.29 is 14.5 Å². The van der Waals surface area contributed by atoms with E-state index in [0.29, 0.717) is 11.9 Å². The quantitative estimate of drug-likeness (QED) is 0.786. The number of morpholine rings is 1. The van der Waals surface area contributed by atoms with Gasteiger partial charge in [-0.3, -0.25) is 4.90 Å². The average Bonchev–Trinajstić information content (AvgIpc) is 2.53. The number of ether oxygens (including phenoxy) is 2. The van der Waals surface area contributed by atoms with Crippen molar-refractivity contribution in [2.45, 2.75) is 56.6 Å². The standard InChI is InChI=1S/C18H25N3O2S/c1-12(2)24-17-14(10-19)13-9-18(3,4)23-11-15(13)16(20-17)21-5-7-22-8-6-21/h12H,5-9,11H2,1-4H3/p+1. The third-order valence-corrected chi connectivity index (χ3v) is 5.43. The minimum Gasteiger partial charge on any atom is -0.373 e. The molecule has 0 unspecified atom stereocenters. The van der Waals surface area contributed by atoms with Crippen LogP contribution >= 0.6 is 11.8 Å². The molecule has 0 aliphatic carbocycles. The van der Waals surface area contributed by atoms with Crippen molar-refractivity contribution in [2.75, 3.05) is 31.2 Å². The molecule has 0 atom stereocenters. The number of pyridine rings is 1. The maximum absolute atomic E-state index is 9.80. The predicted octanol–water partition coefficient (Wildman–Crippen LogP) is 2.56. The zero-order valence-electron chi connectivity index (χ0n) is 14.9. The maximum atomic E-state index is 9.80. The summed E-state index contributed by atoms with van der Waals surface area (Å²) in [6.45, 7) is 12.3. The first-order chi connectivity index (χ1) is 11.4. The molecule has 1 aromatic rings. The van der Waals surface area contributed by atoms with Crippen molar-refractivity contribution >= 4 is 17.6 Å². The summed E-state index contributed by atoms with van der Waals surface area (Å²) in [6.07, 6.45) is 0.767. The van der Waals surface area contributed by atoms with Crippen LogP contribution in [-0.2, 0) is 22.5 Å². The molecule has 0 amide bonds. The largest absolute Gasteiger partial charge is 0.373 e. The number of hydrogen-bond acceptors (Lipinski definition) is 5. The molecule has 130 valence electrons. The second-order valence-corrected chi connectivity index (χ2v) is 8.82. The van der Waals surface area contributed by atoms with Crippen molar-refractivity contribution in [2.24, 2.45) is 0 Å². The molecule has 1 saturated heterocycles. The van der Waals surface area contributed by atoms with E-state index in [1.807, 2.05) is 0 Å². The van der Waals surface area contributed by atoms with Gasteiger partial charge in [0.2, 0.25) is 0 Å². The minimum atomic E-state index is -0.234. The first-order valence-corrected chi connectivity index (χ1v) is 9.43. The minimum absolute atomic E-state index is 0.234. The maximum Gasteiger partial charge on any atom is 0.281 e. The van der Waals surface area contributed by atoms with Gasteiger partial charge in [0.1, 0.15) is 24.7 Å². The number of rotatable bonds is 3. The predicted molar refractivity (Wildman–Crippen MR) is 94.3 cm³/mol. The average molecular weight is 348 g/mol. The molecule has 0 radical (unpaired) electrons. The Morgan fingerprint density at radius 2 is 1.96 bits per heavy atom. The summed E-state index contributed by atoms with van der Waals surface area (Å²) >= 11 is 1.72. The van der Waals surface area contributed by atoms with Gasteiger partial charge in [0.15, 0.2) is 5.03 Å². The van der Waals surface area contributed by atoms with E-state index < -0.39 is 0 Å². The molecule has 5 nitrogen and oxygen atoms in total. The fourth-order valence-electron chi connectivity index (χ4n) is 3.27. The lowest BCUT2D eigenvalue weighted by atomic mass is 9.89. The molecule has 2 aliphatic rings. The van der Waals surface area contributed by atoms with E-state index in [9.17, 15) is 5.26 Å². The molecular weight excluding hydrogens is 322 g/mol. The summed E-state index contributed by atoms with van der Waals surface area (Å²) < 4.78 is 11.5. The molecule has 0 bridgehead atoms. The number of nitrogens with zero attached hydrogens (tertiary/aromatic N) is 2. The van der Waals surface area contributed by atoms with Crippen LogP contribution in [0, 0.1) is 11.3 Å². The van der Waals surface area contributed by atoms with Crippen molar-refractivity contribution in [1.82, 2.24) is 0 Å². The normalized spacial score (nSPS) is 19.9. The van der Waals surface area contributed by atoms with Gasteiger partial charge in [-0.2, -0.15) is 5.26 Å². The highest BCUT2D eigenvalue weighted by Crippen LogP contribution is 2.37. The molecule has 2 aliphatic heterocycles. The van der Waals surface area contributed by atoms with E-state index in [1.54, 1.807) is 11.8 Å². The lowest BCUT2D eigenvalue weighted by Gasteiger charge is -2.34. The summed E-state index contributed by atoms with van der Waals surface area (Å²) in [5.74, 6) is 1.10. The zero-order chi connectivity index (χ0) is 17.3. The number of nitrogens with one attached hydrogen (secondary N) is 1. The van der Waals surface area contributed by atoms with Gasteiger partial charge >= 0.3 is 0 Å². The first-order valence-electron chi connectivity index (χ1n) is 8.56. The van der Waals surface area contributed by atoms with E-state index in [1.165, 1.54) is 0 Å². The van der Waals surface area contributed by atoms with Crippen LogP contribution in [0.3, 0.4) is 0 Å². The Labute approximate surface area is 148 Å². The molecule has 1 fully saturated rings. The number of anilines is 1. The monoisotopic (exact) mass is 348 g/mol. The van der Waals surface area contributed by atoms with E-state index in [-0.39, 0.29) is 5.60 Å². The van der Waals surface area contributed by atoms with Gasteiger partial charge in [-0.15, -0.1) is 0 Å². The van der Waals surface area contributed by atoms with Gasteiger partial charge in [0.25, 0.3) is 5.82 Å². The fraction of sp³-hybridized carbons (Fsp3) is 0.667. The van der Waals surface area contributed by atoms with Gasteiger partial charge in [0.05, 0.1) is 31.0 Å². The van der Waals surface area contributed by atoms with Crippen LogP contribution in [0.1, 0.15) is 44.4 Å². The molecule has 3 heterocycles. The van der Waals surface area contributed by atoms with Gasteiger partial charge in [-0.1, -0.05) is 25.6 Å². The Bertz CT molecular complexity index is 661. The Hall–Kier alpha value is -1.29. The van der Waals surface area contributed by atoms with Gasteiger partial charge < -0.3 is 9.47 Å². The Balaban J connectivity index is 2.13. The molecule has 0 spiro atoms. The van der Waals surface area contributed by atoms with Crippen molar-refractivity contribution in [3.05, 3.63) is 16.7 Å². The first kappa shape index (κ1) is 17.5. The summed E-state index contributed by atoms with van der Waals surface area (Å²) in [7, 11) is 0. The smallest absolute Gasteiger partial charge is 0.281 e. The topological polar surface area (TPSA) is 59.6 Å². The van der Waals surface area contributed by atoms with Gasteiger partial charge in [-0.05, 0) is 19.4 Å². The van der Waals surface area contributed by atoms with Crippen LogP contribution in [0.4, 0.5) is 5.82 Å². The van der Waals surface area contributed by atoms with Gasteiger partial charge in [-0.25, -0.2) is 4.98 Å². The Morgan fingerprint density at radius 3 is 2.58 bits per heavy atom. The third-order valence-electron chi connectivity index (χ3n) is 4.41. The van der Waals surface area contributed by atoms with Crippen LogP contribution in [0.5, 0.6) is 0 Å². The highest BCUT2D eigenvalue weighted by Gasteiger charge is 2.36. The summed E-state index contributed by atoms with van der Waals surface area (Å²) in [5, 5.41) is 11.2. The van der Waals surface area contributed by atoms with Crippen molar-refractivity contribution in [3.8, 4) is 6.07 Å². The second kappa shape index (κ2) is 6.91. The van der Waals surface area contributed by atoms with E-state index in [4.69, 9.17) is 9.47 Å². The van der Waals surface area contributed by atoms with Crippen LogP contribution in [0.15, 0.2) is 5.03 Å². The molecule has 6 heteroatoms. The molecule has 0 saturated carbocycles. The fourth-order valence-corrected chi connectivity index (χ4v) is 4.18. The highest BCUT2D eigenvalue weighted by molar-refractivity contribution is 7.99. The Morgan fingerprint density at radius 1 is 1.25 bits per heavy atom. The molecule has 1 aromatic heterocycles. The number of aromatic amines is 1. The number of nitriles is 1. The lowest BCUT2D eigenvalue weighted by Crippen LogP contribution is -2.43. The summed E-state index contributed by atoms with van der Waals surface area (Å²) in [5.41, 5.74) is 2.84. The highest BCUT2D eigenvalue weighted by atomic mass is 32.2. The Kier molecular flexibility index (Phi) is 5.05.